The maximum atomic E-state index is 14.6. The van der Waals surface area contributed by atoms with E-state index in [0.717, 1.165) is 37.0 Å². The summed E-state index contributed by atoms with van der Waals surface area (Å²) in [5.41, 5.74) is 0.918. The SMILES string of the molecule is O=C(Nc1ccc(F)c(Oc2ccc3ncc(CN4CCOCC4)nc3c2)c1)Nc1ccc(Cl)c(C(F)(F)F)c1. The number of nitrogens with one attached hydrogen (secondary N) is 2. The lowest BCUT2D eigenvalue weighted by Crippen LogP contribution is -2.35. The predicted molar refractivity (Wildman–Crippen MR) is 141 cm³/mol. The van der Waals surface area contributed by atoms with E-state index < -0.39 is 28.6 Å². The Bertz CT molecular complexity index is 1550. The summed E-state index contributed by atoms with van der Waals surface area (Å²) in [6, 6.07) is 10.7. The Morgan fingerprint density at radius 3 is 2.48 bits per heavy atom. The number of carbonyl (C=O) groups is 1. The zero-order valence-corrected chi connectivity index (χ0v) is 21.5. The van der Waals surface area contributed by atoms with Gasteiger partial charge in [0.1, 0.15) is 5.75 Å². The van der Waals surface area contributed by atoms with Gasteiger partial charge in [-0.2, -0.15) is 13.2 Å². The van der Waals surface area contributed by atoms with Crippen LogP contribution in [0.3, 0.4) is 0 Å². The van der Waals surface area contributed by atoms with Crippen molar-refractivity contribution in [2.75, 3.05) is 36.9 Å². The van der Waals surface area contributed by atoms with Gasteiger partial charge in [0.25, 0.3) is 0 Å². The Labute approximate surface area is 230 Å². The summed E-state index contributed by atoms with van der Waals surface area (Å²) in [7, 11) is 0. The molecule has 1 fully saturated rings. The number of amides is 2. The lowest BCUT2D eigenvalue weighted by molar-refractivity contribution is -0.137. The van der Waals surface area contributed by atoms with Crippen LogP contribution < -0.4 is 15.4 Å². The van der Waals surface area contributed by atoms with Crippen molar-refractivity contribution in [1.29, 1.82) is 0 Å². The summed E-state index contributed by atoms with van der Waals surface area (Å²) in [6.45, 7) is 3.56. The summed E-state index contributed by atoms with van der Waals surface area (Å²) in [5.74, 6) is -0.571. The number of carbonyl (C=O) groups excluding carboxylic acids is 1. The number of morpholine rings is 1. The van der Waals surface area contributed by atoms with E-state index in [2.05, 4.69) is 25.5 Å². The van der Waals surface area contributed by atoms with Gasteiger partial charge in [0, 0.05) is 43.1 Å². The van der Waals surface area contributed by atoms with E-state index in [1.807, 2.05) is 0 Å². The Balaban J connectivity index is 1.28. The summed E-state index contributed by atoms with van der Waals surface area (Å²) in [5, 5.41) is 4.25. The minimum Gasteiger partial charge on any atom is -0.454 e. The van der Waals surface area contributed by atoms with Gasteiger partial charge < -0.3 is 20.1 Å². The van der Waals surface area contributed by atoms with E-state index in [1.165, 1.54) is 18.2 Å². The molecule has 0 bridgehead atoms. The second kappa shape index (κ2) is 11.6. The number of halogens is 5. The van der Waals surface area contributed by atoms with Gasteiger partial charge in [-0.05, 0) is 42.5 Å². The van der Waals surface area contributed by atoms with Gasteiger partial charge in [-0.15, -0.1) is 0 Å². The van der Waals surface area contributed by atoms with Crippen molar-refractivity contribution in [3.05, 3.63) is 82.9 Å². The van der Waals surface area contributed by atoms with Crippen molar-refractivity contribution in [3.63, 3.8) is 0 Å². The molecule has 3 aromatic carbocycles. The first-order chi connectivity index (χ1) is 19.1. The average molecular weight is 576 g/mol. The number of alkyl halides is 3. The fourth-order valence-corrected chi connectivity index (χ4v) is 4.28. The second-order valence-corrected chi connectivity index (χ2v) is 9.33. The normalized spacial score (nSPS) is 14.2. The topological polar surface area (TPSA) is 88.6 Å². The molecule has 208 valence electrons. The van der Waals surface area contributed by atoms with Gasteiger partial charge in [0.2, 0.25) is 0 Å². The third-order valence-electron chi connectivity index (χ3n) is 6.00. The van der Waals surface area contributed by atoms with Crippen LogP contribution in [0.4, 0.5) is 33.7 Å². The lowest BCUT2D eigenvalue weighted by atomic mass is 10.2. The Hall–Kier alpha value is -4.00. The number of hydrogen-bond donors (Lipinski definition) is 2. The van der Waals surface area contributed by atoms with Crippen LogP contribution in [0.5, 0.6) is 11.5 Å². The van der Waals surface area contributed by atoms with Crippen LogP contribution in [0.25, 0.3) is 11.0 Å². The number of rotatable bonds is 6. The standard InChI is InChI=1S/C27H22ClF4N5O3/c28-21-4-1-16(11-20(21)27(30,31)32)35-26(38)36-17-2-5-22(29)25(12-17)40-19-3-6-23-24(13-19)34-18(14-33-23)15-37-7-9-39-10-8-37/h1-6,11-14H,7-10,15H2,(H2,35,36,38). The molecule has 0 atom stereocenters. The largest absolute Gasteiger partial charge is 0.454 e. The summed E-state index contributed by atoms with van der Waals surface area (Å²) in [4.78, 5) is 23.7. The molecule has 1 aromatic heterocycles. The molecule has 0 aliphatic carbocycles. The summed E-state index contributed by atoms with van der Waals surface area (Å²) in [6.07, 6.45) is -2.97. The van der Waals surface area contributed by atoms with E-state index in [9.17, 15) is 22.4 Å². The zero-order valence-electron chi connectivity index (χ0n) is 20.8. The molecule has 0 unspecified atom stereocenters. The van der Waals surface area contributed by atoms with Gasteiger partial charge >= 0.3 is 12.2 Å². The van der Waals surface area contributed by atoms with Crippen molar-refractivity contribution in [2.45, 2.75) is 12.7 Å². The van der Waals surface area contributed by atoms with Crippen LogP contribution in [0.1, 0.15) is 11.3 Å². The van der Waals surface area contributed by atoms with Gasteiger partial charge in [-0.1, -0.05) is 11.6 Å². The van der Waals surface area contributed by atoms with E-state index in [1.54, 1.807) is 24.4 Å². The fraction of sp³-hybridized carbons (Fsp3) is 0.222. The molecule has 4 aromatic rings. The molecule has 8 nitrogen and oxygen atoms in total. The molecule has 13 heteroatoms. The van der Waals surface area contributed by atoms with Gasteiger partial charge in [-0.3, -0.25) is 9.88 Å². The van der Waals surface area contributed by atoms with E-state index in [-0.39, 0.29) is 17.1 Å². The third-order valence-corrected chi connectivity index (χ3v) is 6.33. The van der Waals surface area contributed by atoms with Crippen molar-refractivity contribution >= 4 is 40.0 Å². The highest BCUT2D eigenvalue weighted by Crippen LogP contribution is 2.36. The number of aromatic nitrogens is 2. The predicted octanol–water partition coefficient (Wildman–Crippen LogP) is 6.71. The molecule has 0 radical (unpaired) electrons. The summed E-state index contributed by atoms with van der Waals surface area (Å²) < 4.78 is 65.0. The molecule has 0 spiro atoms. The highest BCUT2D eigenvalue weighted by molar-refractivity contribution is 6.31. The molecule has 5 rings (SSSR count). The van der Waals surface area contributed by atoms with Crippen LogP contribution in [0.15, 0.2) is 60.8 Å². The molecular weight excluding hydrogens is 554 g/mol. The fourth-order valence-electron chi connectivity index (χ4n) is 4.06. The maximum Gasteiger partial charge on any atom is 0.417 e. The number of hydrogen-bond acceptors (Lipinski definition) is 6. The van der Waals surface area contributed by atoms with Crippen LogP contribution in [0.2, 0.25) is 5.02 Å². The van der Waals surface area contributed by atoms with Gasteiger partial charge in [0.05, 0.1) is 46.7 Å². The number of benzene rings is 3. The zero-order chi connectivity index (χ0) is 28.3. The minimum atomic E-state index is -4.69. The third kappa shape index (κ3) is 6.76. The number of nitrogens with zero attached hydrogens (tertiary/aromatic N) is 3. The van der Waals surface area contributed by atoms with Crippen LogP contribution in [-0.4, -0.2) is 47.2 Å². The van der Waals surface area contributed by atoms with E-state index >= 15 is 0 Å². The van der Waals surface area contributed by atoms with E-state index in [0.29, 0.717) is 36.5 Å². The van der Waals surface area contributed by atoms with Crippen molar-refractivity contribution in [2.24, 2.45) is 0 Å². The van der Waals surface area contributed by atoms with E-state index in [4.69, 9.17) is 21.1 Å². The number of ether oxygens (including phenoxy) is 2. The average Bonchev–Trinajstić information content (AvgIpc) is 2.91. The van der Waals surface area contributed by atoms with Crippen molar-refractivity contribution < 1.29 is 31.8 Å². The monoisotopic (exact) mass is 575 g/mol. The molecule has 1 saturated heterocycles. The first kappa shape index (κ1) is 27.6. The highest BCUT2D eigenvalue weighted by Gasteiger charge is 2.33. The molecule has 0 saturated carbocycles. The number of anilines is 2. The molecule has 2 heterocycles. The van der Waals surface area contributed by atoms with Gasteiger partial charge in [0.15, 0.2) is 11.6 Å². The molecular formula is C27H22ClF4N5O3. The maximum absolute atomic E-state index is 14.6. The summed E-state index contributed by atoms with van der Waals surface area (Å²) >= 11 is 5.61. The molecule has 1 aliphatic heterocycles. The quantitative estimate of drug-likeness (QED) is 0.248. The molecule has 2 amide bonds. The van der Waals surface area contributed by atoms with Gasteiger partial charge in [-0.25, -0.2) is 14.2 Å². The van der Waals surface area contributed by atoms with Crippen molar-refractivity contribution in [3.8, 4) is 11.5 Å². The Morgan fingerprint density at radius 2 is 1.73 bits per heavy atom. The second-order valence-electron chi connectivity index (χ2n) is 8.92. The molecule has 40 heavy (non-hydrogen) atoms. The smallest absolute Gasteiger partial charge is 0.417 e. The Morgan fingerprint density at radius 1 is 1.00 bits per heavy atom. The van der Waals surface area contributed by atoms with Crippen molar-refractivity contribution in [1.82, 2.24) is 14.9 Å². The Kier molecular flexibility index (Phi) is 8.01. The van der Waals surface area contributed by atoms with Crippen LogP contribution >= 0.6 is 11.6 Å². The van der Waals surface area contributed by atoms with Crippen LogP contribution in [0, 0.1) is 5.82 Å². The molecule has 2 N–H and O–H groups in total. The molecule has 1 aliphatic rings. The first-order valence-corrected chi connectivity index (χ1v) is 12.5. The first-order valence-electron chi connectivity index (χ1n) is 12.1. The lowest BCUT2D eigenvalue weighted by Gasteiger charge is -2.26. The number of urea groups is 1. The van der Waals surface area contributed by atoms with Crippen LogP contribution in [-0.2, 0) is 17.5 Å². The minimum absolute atomic E-state index is 0.127. The number of fused-ring (bicyclic) bond motifs is 1. The highest BCUT2D eigenvalue weighted by atomic mass is 35.5.